The summed E-state index contributed by atoms with van der Waals surface area (Å²) in [6.45, 7) is 8.71. The van der Waals surface area contributed by atoms with Gasteiger partial charge in [-0.2, -0.15) is 13.2 Å². The van der Waals surface area contributed by atoms with Gasteiger partial charge in [0.15, 0.2) is 0 Å². The van der Waals surface area contributed by atoms with Crippen LogP contribution in [0.2, 0.25) is 0 Å². The molecule has 109 heavy (non-hydrogen) atoms. The molecule has 29 heteroatoms. The van der Waals surface area contributed by atoms with Crippen LogP contribution < -0.4 is 15.4 Å². The number of ether oxygens (including phenoxy) is 2. The Hall–Kier alpha value is -8.63. The highest BCUT2D eigenvalue weighted by atomic mass is 19.4. The van der Waals surface area contributed by atoms with E-state index in [-0.39, 0.29) is 71.1 Å². The summed E-state index contributed by atoms with van der Waals surface area (Å²) >= 11 is 0. The van der Waals surface area contributed by atoms with Crippen molar-refractivity contribution in [1.29, 1.82) is 0 Å². The molecule has 2 aromatic rings. The Morgan fingerprint density at radius 3 is 1.94 bits per heavy atom. The van der Waals surface area contributed by atoms with Crippen LogP contribution in [0.1, 0.15) is 172 Å². The molecule has 4 aliphatic heterocycles. The number of amides is 12. The van der Waals surface area contributed by atoms with Crippen molar-refractivity contribution in [3.05, 3.63) is 76.9 Å². The van der Waals surface area contributed by atoms with E-state index in [2.05, 4.69) is 10.6 Å². The second kappa shape index (κ2) is 36.9. The van der Waals surface area contributed by atoms with Gasteiger partial charge in [0.05, 0.1) is 31.7 Å². The number of nitrogens with one attached hydrogen (secondary N) is 2. The molecular weight excluding hydrogens is 1410 g/mol. The SMILES string of the molecule is CCC[C@H]1C(=O)N[C@@H]([C@@H](C)CC)C(=O)N(C2CC2)CC(=O)N(C)[C@H]2C/C=C\CCN(C2=O)[C@@H](Cc2ccc(C)cc2)C(=O)N(C)CC(=O)N[C@@H](CCc2ccc(C(F)(F)F)c(OC)c2)C(=O)N2C[C@H](OCC)C[C@H]2C(=O)N(C)C2(CCC2)C(=O)N(C)[C@@H](C2CCCC2)C(=O)N(C)[C@H](C(=O)N2CCCC2)CC(=O)N1C. The average Bonchev–Trinajstić information content (AvgIpc) is 1.70. The Morgan fingerprint density at radius 2 is 1.33 bits per heavy atom. The molecule has 6 fully saturated rings. The van der Waals surface area contributed by atoms with Gasteiger partial charge in [-0.05, 0) is 139 Å². The number of likely N-dealkylation sites (N-methyl/N-ethyl adjacent to an activating group) is 6. The molecule has 3 saturated heterocycles. The number of benzene rings is 2. The van der Waals surface area contributed by atoms with Gasteiger partial charge < -0.3 is 69.1 Å². The van der Waals surface area contributed by atoms with Crippen molar-refractivity contribution in [1.82, 2.24) is 59.6 Å². The number of methoxy groups -OCH3 is 1. The number of halogens is 3. The standard InChI is InChI=1S/C80H115F3N12O14/c1-13-24-59-70(99)85-68(51(5)14-2)76(105)94(55-34-35-55)49-67(98)88(8)60-27-17-16-20-42-93(75(60)104)62(43-52-30-28-50(4)29-31-52)72(101)86(6)48-65(96)84-58(37-33-53-32-36-57(80(81,82)83)64(44-53)108-12)71(100)95-47-56(109-15-3)45-63(95)73(102)91(11)79(38-23-39-79)78(107)90(10)69(54-25-18-19-26-54)77(106)89(9)61(46-66(97)87(59)7)74(103)92-40-21-22-41-92/h16-17,28-32,36,44,51,54-56,58-63,68-69H,13-15,18-27,33-35,37-43,45-49H2,1-12H3,(H,84,96)(H,85,99)/b17-16-/t51-,56+,58-,59-,60-,61-,62-,63-,68-,69-/m0/s1. The number of alkyl halides is 3. The Bertz CT molecular complexity index is 3670. The summed E-state index contributed by atoms with van der Waals surface area (Å²) in [4.78, 5) is 198. The van der Waals surface area contributed by atoms with E-state index in [0.717, 1.165) is 36.5 Å². The first kappa shape index (κ1) is 84.4. The molecule has 2 N–H and O–H groups in total. The molecule has 1 spiro atoms. The second-order valence-electron chi connectivity index (χ2n) is 31.2. The smallest absolute Gasteiger partial charge is 0.419 e. The lowest BCUT2D eigenvalue weighted by Crippen LogP contribution is -2.68. The van der Waals surface area contributed by atoms with E-state index in [9.17, 15) is 18.0 Å². The number of aryl methyl sites for hydroxylation is 2. The monoisotopic (exact) mass is 1520 g/mol. The minimum absolute atomic E-state index is 0.00108. The fourth-order valence-electron chi connectivity index (χ4n) is 16.7. The van der Waals surface area contributed by atoms with Crippen molar-refractivity contribution in [3.63, 3.8) is 0 Å². The fraction of sp³-hybridized carbons (Fsp3) is 0.675. The fourth-order valence-corrected chi connectivity index (χ4v) is 16.7. The number of hydrogen-bond donors (Lipinski definition) is 2. The molecular formula is C80H115F3N12O14. The van der Waals surface area contributed by atoms with E-state index in [4.69, 9.17) is 9.47 Å². The summed E-state index contributed by atoms with van der Waals surface area (Å²) in [6, 6.07) is -0.0623. The predicted molar refractivity (Wildman–Crippen MR) is 399 cm³/mol. The van der Waals surface area contributed by atoms with Crippen LogP contribution in [0, 0.1) is 18.8 Å². The van der Waals surface area contributed by atoms with Crippen molar-refractivity contribution < 1.29 is 80.2 Å². The van der Waals surface area contributed by atoms with Crippen molar-refractivity contribution in [3.8, 4) is 5.75 Å². The zero-order valence-corrected chi connectivity index (χ0v) is 65.7. The van der Waals surface area contributed by atoms with E-state index in [1.807, 2.05) is 51.1 Å². The first-order valence-electron chi connectivity index (χ1n) is 39.2. The number of carbonyl (C=O) groups is 12. The molecule has 0 radical (unpaired) electrons. The minimum atomic E-state index is -4.78. The lowest BCUT2D eigenvalue weighted by molar-refractivity contribution is -0.166. The van der Waals surface area contributed by atoms with Gasteiger partial charge >= 0.3 is 6.18 Å². The molecule has 0 aromatic heterocycles. The van der Waals surface area contributed by atoms with Gasteiger partial charge in [0.2, 0.25) is 70.9 Å². The van der Waals surface area contributed by atoms with E-state index in [1.165, 1.54) is 93.6 Å². The van der Waals surface area contributed by atoms with Crippen LogP contribution >= 0.6 is 0 Å². The minimum Gasteiger partial charge on any atom is -0.496 e. The third-order valence-corrected chi connectivity index (χ3v) is 24.0. The van der Waals surface area contributed by atoms with E-state index in [1.54, 1.807) is 24.8 Å². The van der Waals surface area contributed by atoms with Gasteiger partial charge in [-0.25, -0.2) is 0 Å². The van der Waals surface area contributed by atoms with Gasteiger partial charge in [-0.15, -0.1) is 0 Å². The van der Waals surface area contributed by atoms with Crippen molar-refractivity contribution in [2.24, 2.45) is 11.8 Å². The average molecular weight is 1530 g/mol. The number of hydrogen-bond acceptors (Lipinski definition) is 14. The third-order valence-electron chi connectivity index (χ3n) is 24.0. The van der Waals surface area contributed by atoms with Gasteiger partial charge in [-0.1, -0.05) is 94.5 Å². The molecule has 600 valence electrons. The second-order valence-corrected chi connectivity index (χ2v) is 31.2. The Balaban J connectivity index is 1.13. The topological polar surface area (TPSA) is 280 Å². The molecule has 3 aliphatic carbocycles. The van der Waals surface area contributed by atoms with Crippen LogP contribution in [0.4, 0.5) is 13.2 Å². The number of nitrogens with zero attached hydrogens (tertiary/aromatic N) is 10. The van der Waals surface area contributed by atoms with Crippen molar-refractivity contribution in [2.75, 3.05) is 95.3 Å². The van der Waals surface area contributed by atoms with E-state index < -0.39 is 186 Å². The lowest BCUT2D eigenvalue weighted by Gasteiger charge is -2.51. The summed E-state index contributed by atoms with van der Waals surface area (Å²) in [7, 11) is 9.82. The summed E-state index contributed by atoms with van der Waals surface area (Å²) in [6.07, 6.45) is 4.21. The van der Waals surface area contributed by atoms with Gasteiger partial charge in [0.1, 0.15) is 66.2 Å². The number of likely N-dealkylation sites (tertiary alicyclic amines) is 1. The van der Waals surface area contributed by atoms with Crippen LogP contribution in [-0.4, -0.2) is 281 Å². The number of fused-ring (bicyclic) bond motifs is 3. The van der Waals surface area contributed by atoms with Crippen LogP contribution in [-0.2, 0) is 81.3 Å². The highest BCUT2D eigenvalue weighted by molar-refractivity contribution is 6.01. The van der Waals surface area contributed by atoms with Gasteiger partial charge in [0, 0.05) is 94.0 Å². The third kappa shape index (κ3) is 19.4. The lowest BCUT2D eigenvalue weighted by atomic mass is 9.73. The van der Waals surface area contributed by atoms with E-state index >= 15 is 52.7 Å². The van der Waals surface area contributed by atoms with Gasteiger partial charge in [0.25, 0.3) is 0 Å². The summed E-state index contributed by atoms with van der Waals surface area (Å²) in [5.41, 5.74) is -0.721. The number of carbonyl (C=O) groups excluding carboxylic acids is 12. The maximum absolute atomic E-state index is 15.9. The molecule has 9 rings (SSSR count). The molecule has 4 heterocycles. The summed E-state index contributed by atoms with van der Waals surface area (Å²) in [5, 5.41) is 5.82. The van der Waals surface area contributed by atoms with Crippen molar-refractivity contribution >= 4 is 70.9 Å². The number of rotatable bonds is 15. The summed E-state index contributed by atoms with van der Waals surface area (Å²) < 4.78 is 54.0. The Labute approximate surface area is 639 Å². The Kier molecular flexibility index (Phi) is 28.6. The summed E-state index contributed by atoms with van der Waals surface area (Å²) in [5.74, 6) is -9.05. The van der Waals surface area contributed by atoms with Crippen LogP contribution in [0.15, 0.2) is 54.6 Å². The highest BCUT2D eigenvalue weighted by Gasteiger charge is 2.57. The predicted octanol–water partition coefficient (Wildman–Crippen LogP) is 5.92. The molecule has 2 bridgehead atoms. The maximum Gasteiger partial charge on any atom is 0.419 e. The molecule has 10 atom stereocenters. The van der Waals surface area contributed by atoms with E-state index in [0.29, 0.717) is 88.4 Å². The van der Waals surface area contributed by atoms with Crippen molar-refractivity contribution in [2.45, 2.75) is 242 Å². The Morgan fingerprint density at radius 1 is 0.661 bits per heavy atom. The quantitative estimate of drug-likeness (QED) is 0.196. The molecule has 0 unspecified atom stereocenters. The van der Waals surface area contributed by atoms with Crippen LogP contribution in [0.5, 0.6) is 5.75 Å². The molecule has 26 nitrogen and oxygen atoms in total. The zero-order valence-electron chi connectivity index (χ0n) is 65.7. The zero-order chi connectivity index (χ0) is 79.5. The molecule has 7 aliphatic rings. The highest BCUT2D eigenvalue weighted by Crippen LogP contribution is 2.43. The largest absolute Gasteiger partial charge is 0.496 e. The van der Waals surface area contributed by atoms with Crippen LogP contribution in [0.25, 0.3) is 0 Å². The van der Waals surface area contributed by atoms with Gasteiger partial charge in [-0.3, -0.25) is 57.5 Å². The normalized spacial score (nSPS) is 27.3. The first-order valence-corrected chi connectivity index (χ1v) is 39.2. The van der Waals surface area contributed by atoms with Crippen LogP contribution in [0.3, 0.4) is 0 Å². The molecule has 3 saturated carbocycles. The maximum atomic E-state index is 15.9. The first-order chi connectivity index (χ1) is 51.8. The molecule has 12 amide bonds. The molecule has 2 aromatic carbocycles.